The van der Waals surface area contributed by atoms with Gasteiger partial charge in [0, 0.05) is 6.07 Å². The topological polar surface area (TPSA) is 35.2 Å². The van der Waals surface area contributed by atoms with E-state index < -0.39 is 0 Å². The highest BCUT2D eigenvalue weighted by Gasteiger charge is 2.32. The molecule has 1 saturated carbocycles. The standard InChI is InChI=1S/C16H24FNO/c1-10(2)13-6-4-11(3)8-16(13)19-15-7-5-12(17)9-14(15)18/h5,7,9-11,13,16H,4,6,8,18H2,1-3H3. The summed E-state index contributed by atoms with van der Waals surface area (Å²) in [7, 11) is 0. The Balaban J connectivity index is 2.14. The maximum Gasteiger partial charge on any atom is 0.142 e. The van der Waals surface area contributed by atoms with E-state index in [1.807, 2.05) is 0 Å². The number of hydrogen-bond donors (Lipinski definition) is 1. The second-order valence-corrected chi connectivity index (χ2v) is 6.16. The number of rotatable bonds is 3. The first-order chi connectivity index (χ1) is 8.97. The zero-order valence-electron chi connectivity index (χ0n) is 12.0. The third-order valence-electron chi connectivity index (χ3n) is 4.21. The van der Waals surface area contributed by atoms with Crippen LogP contribution in [0.5, 0.6) is 5.75 Å². The molecule has 2 rings (SSSR count). The number of nitrogen functional groups attached to an aromatic ring is 1. The van der Waals surface area contributed by atoms with Gasteiger partial charge in [0.1, 0.15) is 17.7 Å². The minimum Gasteiger partial charge on any atom is -0.488 e. The first-order valence-electron chi connectivity index (χ1n) is 7.19. The maximum absolute atomic E-state index is 13.1. The average molecular weight is 265 g/mol. The van der Waals surface area contributed by atoms with E-state index in [9.17, 15) is 4.39 Å². The summed E-state index contributed by atoms with van der Waals surface area (Å²) in [6.45, 7) is 6.75. The van der Waals surface area contributed by atoms with Gasteiger partial charge in [-0.3, -0.25) is 0 Å². The summed E-state index contributed by atoms with van der Waals surface area (Å²) in [4.78, 5) is 0. The number of ether oxygens (including phenoxy) is 1. The van der Waals surface area contributed by atoms with Crippen LogP contribution in [0, 0.1) is 23.6 Å². The molecule has 3 heteroatoms. The molecule has 0 aliphatic heterocycles. The molecule has 0 aromatic heterocycles. The summed E-state index contributed by atoms with van der Waals surface area (Å²) in [6.07, 6.45) is 3.71. The van der Waals surface area contributed by atoms with Gasteiger partial charge in [-0.2, -0.15) is 0 Å². The molecule has 3 unspecified atom stereocenters. The van der Waals surface area contributed by atoms with Crippen molar-refractivity contribution >= 4 is 5.69 Å². The van der Waals surface area contributed by atoms with Crippen LogP contribution in [-0.4, -0.2) is 6.10 Å². The lowest BCUT2D eigenvalue weighted by molar-refractivity contribution is 0.0465. The predicted octanol–water partition coefficient (Wildman–Crippen LogP) is 4.25. The smallest absolute Gasteiger partial charge is 0.142 e. The van der Waals surface area contributed by atoms with Crippen molar-refractivity contribution in [1.82, 2.24) is 0 Å². The fourth-order valence-electron chi connectivity index (χ4n) is 3.04. The van der Waals surface area contributed by atoms with Gasteiger partial charge in [0.25, 0.3) is 0 Å². The summed E-state index contributed by atoms with van der Waals surface area (Å²) in [6, 6.07) is 4.37. The molecule has 0 amide bonds. The summed E-state index contributed by atoms with van der Waals surface area (Å²) in [5.41, 5.74) is 6.22. The molecule has 2 N–H and O–H groups in total. The van der Waals surface area contributed by atoms with Crippen molar-refractivity contribution in [3.8, 4) is 5.75 Å². The molecule has 1 fully saturated rings. The molecule has 3 atom stereocenters. The molecule has 0 saturated heterocycles. The van der Waals surface area contributed by atoms with Gasteiger partial charge in [-0.15, -0.1) is 0 Å². The Kier molecular flexibility index (Phi) is 4.33. The Labute approximate surface area is 115 Å². The zero-order valence-corrected chi connectivity index (χ0v) is 12.0. The highest BCUT2D eigenvalue weighted by molar-refractivity contribution is 5.52. The summed E-state index contributed by atoms with van der Waals surface area (Å²) >= 11 is 0. The summed E-state index contributed by atoms with van der Waals surface area (Å²) < 4.78 is 19.2. The average Bonchev–Trinajstić information content (AvgIpc) is 2.32. The Morgan fingerprint density at radius 1 is 1.32 bits per heavy atom. The molecule has 1 aliphatic carbocycles. The van der Waals surface area contributed by atoms with E-state index in [-0.39, 0.29) is 11.9 Å². The molecular formula is C16H24FNO. The SMILES string of the molecule is CC1CCC(C(C)C)C(Oc2ccc(F)cc2N)C1. The van der Waals surface area contributed by atoms with Crippen molar-refractivity contribution < 1.29 is 9.13 Å². The van der Waals surface area contributed by atoms with Crippen molar-refractivity contribution in [2.45, 2.75) is 46.1 Å². The molecule has 1 aliphatic rings. The fourth-order valence-corrected chi connectivity index (χ4v) is 3.04. The normalized spacial score (nSPS) is 27.5. The third-order valence-corrected chi connectivity index (χ3v) is 4.21. The van der Waals surface area contributed by atoms with Crippen LogP contribution >= 0.6 is 0 Å². The minimum atomic E-state index is -0.317. The number of anilines is 1. The van der Waals surface area contributed by atoms with E-state index in [2.05, 4.69) is 20.8 Å². The van der Waals surface area contributed by atoms with Gasteiger partial charge < -0.3 is 10.5 Å². The van der Waals surface area contributed by atoms with Crippen molar-refractivity contribution in [2.75, 3.05) is 5.73 Å². The monoisotopic (exact) mass is 265 g/mol. The van der Waals surface area contributed by atoms with E-state index in [1.54, 1.807) is 6.07 Å². The molecule has 19 heavy (non-hydrogen) atoms. The molecule has 0 bridgehead atoms. The van der Waals surface area contributed by atoms with Gasteiger partial charge in [-0.05, 0) is 42.7 Å². The minimum absolute atomic E-state index is 0.191. The van der Waals surface area contributed by atoms with Gasteiger partial charge in [0.2, 0.25) is 0 Å². The lowest BCUT2D eigenvalue weighted by atomic mass is 9.75. The highest BCUT2D eigenvalue weighted by Crippen LogP contribution is 2.37. The van der Waals surface area contributed by atoms with Gasteiger partial charge in [0.15, 0.2) is 0 Å². The van der Waals surface area contributed by atoms with E-state index in [0.717, 1.165) is 6.42 Å². The lowest BCUT2D eigenvalue weighted by Crippen LogP contribution is -2.36. The largest absolute Gasteiger partial charge is 0.488 e. The Morgan fingerprint density at radius 2 is 2.05 bits per heavy atom. The molecule has 0 heterocycles. The van der Waals surface area contributed by atoms with Gasteiger partial charge in [0.05, 0.1) is 5.69 Å². The van der Waals surface area contributed by atoms with Crippen LogP contribution in [0.3, 0.4) is 0 Å². The van der Waals surface area contributed by atoms with Crippen molar-refractivity contribution in [2.24, 2.45) is 17.8 Å². The first-order valence-corrected chi connectivity index (χ1v) is 7.19. The second kappa shape index (κ2) is 5.81. The van der Waals surface area contributed by atoms with Crippen LogP contribution in [0.2, 0.25) is 0 Å². The molecule has 1 aromatic rings. The molecule has 1 aromatic carbocycles. The molecule has 0 spiro atoms. The Morgan fingerprint density at radius 3 is 2.68 bits per heavy atom. The number of hydrogen-bond acceptors (Lipinski definition) is 2. The molecule has 2 nitrogen and oxygen atoms in total. The van der Waals surface area contributed by atoms with E-state index >= 15 is 0 Å². The highest BCUT2D eigenvalue weighted by atomic mass is 19.1. The quantitative estimate of drug-likeness (QED) is 0.829. The van der Waals surface area contributed by atoms with E-state index in [4.69, 9.17) is 10.5 Å². The zero-order chi connectivity index (χ0) is 14.0. The summed E-state index contributed by atoms with van der Waals surface area (Å²) in [5, 5.41) is 0. The van der Waals surface area contributed by atoms with Gasteiger partial charge in [-0.1, -0.05) is 27.2 Å². The molecular weight excluding hydrogens is 241 g/mol. The van der Waals surface area contributed by atoms with Crippen molar-refractivity contribution in [1.29, 1.82) is 0 Å². The number of halogens is 1. The Bertz CT molecular complexity index is 433. The molecule has 106 valence electrons. The van der Waals surface area contributed by atoms with Crippen molar-refractivity contribution in [3.63, 3.8) is 0 Å². The third kappa shape index (κ3) is 3.40. The maximum atomic E-state index is 13.1. The predicted molar refractivity (Wildman–Crippen MR) is 76.6 cm³/mol. The molecule has 0 radical (unpaired) electrons. The fraction of sp³-hybridized carbons (Fsp3) is 0.625. The van der Waals surface area contributed by atoms with Crippen LogP contribution in [0.15, 0.2) is 18.2 Å². The lowest BCUT2D eigenvalue weighted by Gasteiger charge is -2.37. The van der Waals surface area contributed by atoms with E-state index in [0.29, 0.717) is 29.2 Å². The van der Waals surface area contributed by atoms with E-state index in [1.165, 1.54) is 25.0 Å². The van der Waals surface area contributed by atoms with Crippen LogP contribution in [0.25, 0.3) is 0 Å². The van der Waals surface area contributed by atoms with Gasteiger partial charge in [-0.25, -0.2) is 4.39 Å². The second-order valence-electron chi connectivity index (χ2n) is 6.16. The number of benzene rings is 1. The first kappa shape index (κ1) is 14.2. The van der Waals surface area contributed by atoms with Crippen molar-refractivity contribution in [3.05, 3.63) is 24.0 Å². The van der Waals surface area contributed by atoms with Crippen LogP contribution < -0.4 is 10.5 Å². The van der Waals surface area contributed by atoms with Crippen LogP contribution in [0.1, 0.15) is 40.0 Å². The Hall–Kier alpha value is -1.25. The van der Waals surface area contributed by atoms with Gasteiger partial charge >= 0.3 is 0 Å². The summed E-state index contributed by atoms with van der Waals surface area (Å²) in [5.74, 6) is 2.13. The number of nitrogens with two attached hydrogens (primary N) is 1. The van der Waals surface area contributed by atoms with Crippen LogP contribution in [0.4, 0.5) is 10.1 Å². The van der Waals surface area contributed by atoms with Crippen LogP contribution in [-0.2, 0) is 0 Å².